The average molecular weight is 465 g/mol. The predicted molar refractivity (Wildman–Crippen MR) is 139 cm³/mol. The van der Waals surface area contributed by atoms with E-state index in [1.165, 1.54) is 96.0 Å². The first-order valence-corrected chi connectivity index (χ1v) is 13.8. The average Bonchev–Trinajstić information content (AvgIpc) is 2.81. The maximum Gasteiger partial charge on any atom is 0.333 e. The van der Waals surface area contributed by atoms with E-state index in [0.29, 0.717) is 6.42 Å². The molecule has 0 saturated carbocycles. The van der Waals surface area contributed by atoms with Crippen molar-refractivity contribution in [1.82, 2.24) is 0 Å². The van der Waals surface area contributed by atoms with Crippen LogP contribution in [0.5, 0.6) is 0 Å². The number of carbonyl (C=O) groups is 2. The quantitative estimate of drug-likeness (QED) is 0.0470. The van der Waals surface area contributed by atoms with Gasteiger partial charge in [-0.25, -0.2) is 4.79 Å². The molecule has 192 valence electrons. The highest BCUT2D eigenvalue weighted by molar-refractivity contribution is 5.81. The number of ether oxygens (including phenoxy) is 2. The van der Waals surface area contributed by atoms with Crippen LogP contribution < -0.4 is 0 Å². The minimum absolute atomic E-state index is 0.286. The fourth-order valence-corrected chi connectivity index (χ4v) is 3.67. The van der Waals surface area contributed by atoms with Crippen LogP contribution in [0.3, 0.4) is 0 Å². The van der Waals surface area contributed by atoms with Crippen LogP contribution >= 0.6 is 0 Å². The van der Waals surface area contributed by atoms with E-state index < -0.39 is 5.97 Å². The highest BCUT2D eigenvalue weighted by Gasteiger charge is 2.04. The third-order valence-electron chi connectivity index (χ3n) is 5.77. The molecule has 4 nitrogen and oxygen atoms in total. The van der Waals surface area contributed by atoms with Crippen LogP contribution in [0.1, 0.15) is 142 Å². The van der Waals surface area contributed by atoms with Gasteiger partial charge in [0.1, 0.15) is 0 Å². The van der Waals surface area contributed by atoms with Crippen LogP contribution in [-0.2, 0) is 19.1 Å². The van der Waals surface area contributed by atoms with Gasteiger partial charge in [-0.1, -0.05) is 116 Å². The molecule has 0 aliphatic rings. The summed E-state index contributed by atoms with van der Waals surface area (Å²) in [6, 6.07) is 0. The molecule has 0 aliphatic carbocycles. The number of allylic oxidation sites excluding steroid dienone is 3. The molecule has 0 bridgehead atoms. The molecule has 0 atom stereocenters. The van der Waals surface area contributed by atoms with Crippen LogP contribution in [0.4, 0.5) is 0 Å². The van der Waals surface area contributed by atoms with Crippen LogP contribution in [-0.4, -0.2) is 18.7 Å². The number of rotatable bonds is 24. The molecule has 0 fully saturated rings. The second-order valence-electron chi connectivity index (χ2n) is 9.04. The van der Waals surface area contributed by atoms with E-state index in [9.17, 15) is 9.59 Å². The van der Waals surface area contributed by atoms with Gasteiger partial charge >= 0.3 is 11.9 Å². The topological polar surface area (TPSA) is 52.6 Å². The lowest BCUT2D eigenvalue weighted by Gasteiger charge is -2.05. The molecular formula is C29H52O4. The van der Waals surface area contributed by atoms with Crippen molar-refractivity contribution in [3.05, 3.63) is 24.3 Å². The van der Waals surface area contributed by atoms with E-state index in [4.69, 9.17) is 9.47 Å². The van der Waals surface area contributed by atoms with Gasteiger partial charge < -0.3 is 9.47 Å². The zero-order valence-electron chi connectivity index (χ0n) is 21.8. The standard InChI is InChI=1S/C29H52O4/c1-3-5-7-9-11-13-15-17-19-21-23-25-28(30)32-27-33-29(31)26-24-22-20-18-16-14-12-10-8-6-4-2/h7,9,24,26H,3-6,8,10-23,25,27H2,1-2H3/b9-7+,26-24+. The Bertz CT molecular complexity index is 496. The summed E-state index contributed by atoms with van der Waals surface area (Å²) < 4.78 is 9.92. The van der Waals surface area contributed by atoms with Crippen molar-refractivity contribution >= 4 is 11.9 Å². The Morgan fingerprint density at radius 2 is 1.06 bits per heavy atom. The first-order valence-electron chi connectivity index (χ1n) is 13.8. The Morgan fingerprint density at radius 3 is 1.67 bits per heavy atom. The second-order valence-corrected chi connectivity index (χ2v) is 9.04. The lowest BCUT2D eigenvalue weighted by atomic mass is 10.1. The lowest BCUT2D eigenvalue weighted by Crippen LogP contribution is -2.11. The minimum Gasteiger partial charge on any atom is -0.428 e. The highest BCUT2D eigenvalue weighted by atomic mass is 16.7. The summed E-state index contributed by atoms with van der Waals surface area (Å²) in [7, 11) is 0. The third-order valence-corrected chi connectivity index (χ3v) is 5.77. The van der Waals surface area contributed by atoms with Gasteiger partial charge in [-0.15, -0.1) is 0 Å². The van der Waals surface area contributed by atoms with Gasteiger partial charge in [0.15, 0.2) is 0 Å². The molecule has 0 N–H and O–H groups in total. The van der Waals surface area contributed by atoms with E-state index in [-0.39, 0.29) is 12.8 Å². The fourth-order valence-electron chi connectivity index (χ4n) is 3.67. The number of carbonyl (C=O) groups excluding carboxylic acids is 2. The Labute approximate surface area is 204 Å². The Hall–Kier alpha value is -1.58. The molecule has 0 saturated heterocycles. The SMILES string of the molecule is CCC/C=C/CCCCCCCCC(=O)OCOC(=O)/C=C/CCCCCCCCCCC. The zero-order chi connectivity index (χ0) is 24.2. The van der Waals surface area contributed by atoms with E-state index in [1.807, 2.05) is 6.08 Å². The van der Waals surface area contributed by atoms with Gasteiger partial charge in [0.2, 0.25) is 6.79 Å². The first-order chi connectivity index (χ1) is 16.2. The van der Waals surface area contributed by atoms with Crippen molar-refractivity contribution in [3.63, 3.8) is 0 Å². The van der Waals surface area contributed by atoms with Crippen molar-refractivity contribution in [3.8, 4) is 0 Å². The van der Waals surface area contributed by atoms with E-state index >= 15 is 0 Å². The second kappa shape index (κ2) is 26.7. The molecule has 0 aromatic rings. The van der Waals surface area contributed by atoms with Crippen LogP contribution in [0.2, 0.25) is 0 Å². The summed E-state index contributed by atoms with van der Waals surface area (Å²) >= 11 is 0. The van der Waals surface area contributed by atoms with Gasteiger partial charge in [-0.05, 0) is 38.5 Å². The summed E-state index contributed by atoms with van der Waals surface area (Å²) in [4.78, 5) is 23.3. The van der Waals surface area contributed by atoms with Crippen molar-refractivity contribution in [2.75, 3.05) is 6.79 Å². The normalized spacial score (nSPS) is 11.5. The molecule has 33 heavy (non-hydrogen) atoms. The molecule has 0 rings (SSSR count). The van der Waals surface area contributed by atoms with E-state index in [0.717, 1.165) is 32.1 Å². The molecule has 0 unspecified atom stereocenters. The number of hydrogen-bond acceptors (Lipinski definition) is 4. The predicted octanol–water partition coefficient (Wildman–Crippen LogP) is 8.98. The van der Waals surface area contributed by atoms with Gasteiger partial charge in [0, 0.05) is 12.5 Å². The van der Waals surface area contributed by atoms with Crippen molar-refractivity contribution in [2.24, 2.45) is 0 Å². The lowest BCUT2D eigenvalue weighted by molar-refractivity contribution is -0.164. The van der Waals surface area contributed by atoms with Gasteiger partial charge in [-0.3, -0.25) is 4.79 Å². The minimum atomic E-state index is -0.441. The maximum atomic E-state index is 11.7. The summed E-state index contributed by atoms with van der Waals surface area (Å²) in [5.74, 6) is -0.731. The molecule has 0 radical (unpaired) electrons. The molecule has 0 heterocycles. The zero-order valence-corrected chi connectivity index (χ0v) is 21.8. The number of unbranched alkanes of at least 4 members (excludes halogenated alkanes) is 16. The van der Waals surface area contributed by atoms with Gasteiger partial charge in [0.25, 0.3) is 0 Å². The summed E-state index contributed by atoms with van der Waals surface area (Å²) in [6.07, 6.45) is 31.1. The van der Waals surface area contributed by atoms with Crippen molar-refractivity contribution in [1.29, 1.82) is 0 Å². The smallest absolute Gasteiger partial charge is 0.333 e. The first kappa shape index (κ1) is 31.4. The summed E-state index contributed by atoms with van der Waals surface area (Å²) in [5, 5.41) is 0. The Kier molecular flexibility index (Phi) is 25.4. The number of esters is 2. The molecule has 0 spiro atoms. The molecule has 0 amide bonds. The monoisotopic (exact) mass is 464 g/mol. The molecule has 0 aromatic carbocycles. The van der Waals surface area contributed by atoms with Crippen LogP contribution in [0.15, 0.2) is 24.3 Å². The molecule has 4 heteroatoms. The highest BCUT2D eigenvalue weighted by Crippen LogP contribution is 2.11. The molecule has 0 aromatic heterocycles. The fraction of sp³-hybridized carbons (Fsp3) is 0.793. The summed E-state index contributed by atoms with van der Waals surface area (Å²) in [5.41, 5.74) is 0. The van der Waals surface area contributed by atoms with Crippen molar-refractivity contribution < 1.29 is 19.1 Å². The largest absolute Gasteiger partial charge is 0.428 e. The Morgan fingerprint density at radius 1 is 0.545 bits per heavy atom. The van der Waals surface area contributed by atoms with E-state index in [1.54, 1.807) is 0 Å². The van der Waals surface area contributed by atoms with Crippen LogP contribution in [0.25, 0.3) is 0 Å². The third kappa shape index (κ3) is 26.6. The number of hydrogen-bond donors (Lipinski definition) is 0. The Balaban J connectivity index is 3.40. The molecular weight excluding hydrogens is 412 g/mol. The van der Waals surface area contributed by atoms with Gasteiger partial charge in [0.05, 0.1) is 0 Å². The van der Waals surface area contributed by atoms with E-state index in [2.05, 4.69) is 26.0 Å². The molecule has 0 aliphatic heterocycles. The van der Waals surface area contributed by atoms with Crippen LogP contribution in [0, 0.1) is 0 Å². The van der Waals surface area contributed by atoms with Crippen molar-refractivity contribution in [2.45, 2.75) is 142 Å². The summed E-state index contributed by atoms with van der Waals surface area (Å²) in [6.45, 7) is 4.16. The van der Waals surface area contributed by atoms with Gasteiger partial charge in [-0.2, -0.15) is 0 Å². The maximum absolute atomic E-state index is 11.7.